The average Bonchev–Trinajstić information content (AvgIpc) is 3.09. The molecule has 1 aliphatic heterocycles. The van der Waals surface area contributed by atoms with Crippen LogP contribution in [0.25, 0.3) is 0 Å². The summed E-state index contributed by atoms with van der Waals surface area (Å²) in [5.41, 5.74) is 1.83. The van der Waals surface area contributed by atoms with Crippen molar-refractivity contribution in [3.8, 4) is 0 Å². The van der Waals surface area contributed by atoms with Crippen molar-refractivity contribution in [3.05, 3.63) is 47.8 Å². The summed E-state index contributed by atoms with van der Waals surface area (Å²) in [7, 11) is -0.124. The van der Waals surface area contributed by atoms with E-state index in [2.05, 4.69) is 20.3 Å². The molecule has 154 valence electrons. The summed E-state index contributed by atoms with van der Waals surface area (Å²) in [6.45, 7) is 2.39. The molecule has 0 amide bonds. The van der Waals surface area contributed by atoms with Crippen molar-refractivity contribution in [3.63, 3.8) is 0 Å². The van der Waals surface area contributed by atoms with Gasteiger partial charge in [-0.25, -0.2) is 13.6 Å². The van der Waals surface area contributed by atoms with E-state index in [9.17, 15) is 8.42 Å². The highest BCUT2D eigenvalue weighted by atomic mass is 127. The number of morpholine rings is 1. The van der Waals surface area contributed by atoms with Gasteiger partial charge in [-0.05, 0) is 17.7 Å². The van der Waals surface area contributed by atoms with Gasteiger partial charge in [-0.2, -0.15) is 5.10 Å². The maximum atomic E-state index is 11.5. The lowest BCUT2D eigenvalue weighted by Gasteiger charge is -2.34. The fourth-order valence-electron chi connectivity index (χ4n) is 3.00. The molecular weight excluding hydrogens is 495 g/mol. The second kappa shape index (κ2) is 9.67. The van der Waals surface area contributed by atoms with E-state index in [-0.39, 0.29) is 35.0 Å². The number of rotatable bonds is 4. The van der Waals surface area contributed by atoms with Crippen LogP contribution in [-0.4, -0.2) is 55.8 Å². The summed E-state index contributed by atoms with van der Waals surface area (Å²) in [4.78, 5) is 6.56. The number of ether oxygens (including phenoxy) is 1. The van der Waals surface area contributed by atoms with Crippen molar-refractivity contribution >= 4 is 40.0 Å². The van der Waals surface area contributed by atoms with Gasteiger partial charge in [-0.1, -0.05) is 12.1 Å². The van der Waals surface area contributed by atoms with Crippen molar-refractivity contribution in [2.75, 3.05) is 26.7 Å². The number of benzene rings is 1. The third-order valence-electron chi connectivity index (χ3n) is 4.35. The summed E-state index contributed by atoms with van der Waals surface area (Å²) in [6.07, 6.45) is 3.68. The van der Waals surface area contributed by atoms with E-state index in [1.165, 1.54) is 6.07 Å². The van der Waals surface area contributed by atoms with Crippen LogP contribution >= 0.6 is 24.0 Å². The number of guanidine groups is 1. The minimum atomic E-state index is -3.72. The molecule has 9 nitrogen and oxygen atoms in total. The SMILES string of the molecule is CN=C(NCc1cccc(S(N)(=O)=O)c1)N1CCOC(c2cnn(C)c2)C1.I. The van der Waals surface area contributed by atoms with Gasteiger partial charge >= 0.3 is 0 Å². The Morgan fingerprint density at radius 2 is 2.25 bits per heavy atom. The van der Waals surface area contributed by atoms with Gasteiger partial charge in [0.2, 0.25) is 10.0 Å². The third kappa shape index (κ3) is 5.65. The number of nitrogens with two attached hydrogens (primary N) is 1. The smallest absolute Gasteiger partial charge is 0.238 e. The standard InChI is InChI=1S/C17H24N6O3S.HI/c1-19-17(20-9-13-4-3-5-15(8-13)27(18,24)25)23-6-7-26-16(12-23)14-10-21-22(2)11-14;/h3-5,8,10-11,16H,6-7,9,12H2,1-2H3,(H,19,20)(H2,18,24,25);1H. The molecular formula is C17H25IN6O3S. The fourth-order valence-corrected chi connectivity index (χ4v) is 3.58. The topological polar surface area (TPSA) is 115 Å². The van der Waals surface area contributed by atoms with E-state index in [0.717, 1.165) is 17.1 Å². The second-order valence-electron chi connectivity index (χ2n) is 6.35. The van der Waals surface area contributed by atoms with Gasteiger partial charge in [0.1, 0.15) is 6.10 Å². The van der Waals surface area contributed by atoms with Crippen LogP contribution in [0, 0.1) is 0 Å². The number of hydrogen-bond acceptors (Lipinski definition) is 5. The molecule has 2 heterocycles. The van der Waals surface area contributed by atoms with Crippen molar-refractivity contribution in [2.24, 2.45) is 17.2 Å². The molecule has 11 heteroatoms. The second-order valence-corrected chi connectivity index (χ2v) is 7.91. The molecule has 1 saturated heterocycles. The monoisotopic (exact) mass is 520 g/mol. The summed E-state index contributed by atoms with van der Waals surface area (Å²) >= 11 is 0. The number of hydrogen-bond donors (Lipinski definition) is 2. The van der Waals surface area contributed by atoms with Crippen molar-refractivity contribution in [2.45, 2.75) is 17.5 Å². The number of aromatic nitrogens is 2. The van der Waals surface area contributed by atoms with Crippen molar-refractivity contribution in [1.29, 1.82) is 0 Å². The molecule has 28 heavy (non-hydrogen) atoms. The maximum Gasteiger partial charge on any atom is 0.238 e. The van der Waals surface area contributed by atoms with Gasteiger partial charge in [-0.15, -0.1) is 24.0 Å². The molecule has 0 spiro atoms. The van der Waals surface area contributed by atoms with Gasteiger partial charge < -0.3 is 15.0 Å². The van der Waals surface area contributed by atoms with E-state index < -0.39 is 10.0 Å². The first-order valence-corrected chi connectivity index (χ1v) is 10.1. The van der Waals surface area contributed by atoms with Gasteiger partial charge in [0.15, 0.2) is 5.96 Å². The molecule has 3 rings (SSSR count). The Hall–Kier alpha value is -1.70. The van der Waals surface area contributed by atoms with E-state index in [0.29, 0.717) is 26.2 Å². The average molecular weight is 520 g/mol. The Kier molecular flexibility index (Phi) is 7.80. The summed E-state index contributed by atoms with van der Waals surface area (Å²) < 4.78 is 30.6. The fraction of sp³-hybridized carbons (Fsp3) is 0.412. The molecule has 1 aromatic carbocycles. The van der Waals surface area contributed by atoms with E-state index >= 15 is 0 Å². The zero-order valence-electron chi connectivity index (χ0n) is 15.8. The maximum absolute atomic E-state index is 11.5. The van der Waals surface area contributed by atoms with E-state index in [4.69, 9.17) is 9.88 Å². The quantitative estimate of drug-likeness (QED) is 0.351. The Balaban J connectivity index is 0.00000280. The largest absolute Gasteiger partial charge is 0.370 e. The predicted octanol–water partition coefficient (Wildman–Crippen LogP) is 0.834. The number of aryl methyl sites for hydroxylation is 1. The lowest BCUT2D eigenvalue weighted by molar-refractivity contribution is -0.00805. The number of sulfonamides is 1. The van der Waals surface area contributed by atoms with Gasteiger partial charge in [-0.3, -0.25) is 9.67 Å². The van der Waals surface area contributed by atoms with Gasteiger partial charge in [0.25, 0.3) is 0 Å². The van der Waals surface area contributed by atoms with E-state index in [1.54, 1.807) is 23.9 Å². The Morgan fingerprint density at radius 3 is 2.89 bits per heavy atom. The predicted molar refractivity (Wildman–Crippen MR) is 117 cm³/mol. The lowest BCUT2D eigenvalue weighted by Crippen LogP contribution is -2.47. The van der Waals surface area contributed by atoms with Gasteiger partial charge in [0.05, 0.1) is 24.2 Å². The molecule has 0 aliphatic carbocycles. The molecule has 1 aromatic heterocycles. The van der Waals surface area contributed by atoms with Crippen LogP contribution in [0.5, 0.6) is 0 Å². The van der Waals surface area contributed by atoms with Crippen LogP contribution < -0.4 is 10.5 Å². The molecule has 1 aliphatic rings. The zero-order chi connectivity index (χ0) is 19.4. The molecule has 1 fully saturated rings. The molecule has 2 aromatic rings. The molecule has 1 unspecified atom stereocenters. The Bertz CT molecular complexity index is 930. The normalized spacial score (nSPS) is 17.9. The lowest BCUT2D eigenvalue weighted by atomic mass is 10.1. The van der Waals surface area contributed by atoms with Crippen LogP contribution in [0.1, 0.15) is 17.2 Å². The first kappa shape index (κ1) is 22.6. The number of aliphatic imine (C=N–C) groups is 1. The van der Waals surface area contributed by atoms with Crippen LogP contribution in [0.4, 0.5) is 0 Å². The zero-order valence-corrected chi connectivity index (χ0v) is 18.9. The molecule has 0 saturated carbocycles. The highest BCUT2D eigenvalue weighted by Crippen LogP contribution is 2.21. The van der Waals surface area contributed by atoms with Crippen LogP contribution in [-0.2, 0) is 28.4 Å². The van der Waals surface area contributed by atoms with E-state index in [1.807, 2.05) is 25.5 Å². The van der Waals surface area contributed by atoms with Crippen LogP contribution in [0.2, 0.25) is 0 Å². The number of primary sulfonamides is 1. The van der Waals surface area contributed by atoms with Crippen LogP contribution in [0.3, 0.4) is 0 Å². The highest BCUT2D eigenvalue weighted by Gasteiger charge is 2.25. The number of halogens is 1. The molecule has 1 atom stereocenters. The third-order valence-corrected chi connectivity index (χ3v) is 5.26. The minimum Gasteiger partial charge on any atom is -0.370 e. The molecule has 0 radical (unpaired) electrons. The van der Waals surface area contributed by atoms with Gasteiger partial charge in [0, 0.05) is 38.9 Å². The summed E-state index contributed by atoms with van der Waals surface area (Å²) in [5.74, 6) is 0.730. The first-order chi connectivity index (χ1) is 12.9. The minimum absolute atomic E-state index is 0. The van der Waals surface area contributed by atoms with Crippen LogP contribution in [0.15, 0.2) is 46.5 Å². The number of nitrogens with zero attached hydrogens (tertiary/aromatic N) is 4. The number of nitrogens with one attached hydrogen (secondary N) is 1. The summed E-state index contributed by atoms with van der Waals surface area (Å²) in [5, 5.41) is 12.7. The highest BCUT2D eigenvalue weighted by molar-refractivity contribution is 14.0. The van der Waals surface area contributed by atoms with Crippen molar-refractivity contribution in [1.82, 2.24) is 20.0 Å². The Labute approximate surface area is 182 Å². The summed E-state index contributed by atoms with van der Waals surface area (Å²) in [6, 6.07) is 6.56. The molecule has 3 N–H and O–H groups in total. The first-order valence-electron chi connectivity index (χ1n) is 8.54. The Morgan fingerprint density at radius 1 is 1.46 bits per heavy atom. The van der Waals surface area contributed by atoms with Crippen molar-refractivity contribution < 1.29 is 13.2 Å². The molecule has 0 bridgehead atoms.